The first-order chi connectivity index (χ1) is 13.5. The van der Waals surface area contributed by atoms with Crippen molar-refractivity contribution >= 4 is 18.0 Å². The zero-order valence-electron chi connectivity index (χ0n) is 15.4. The van der Waals surface area contributed by atoms with Crippen LogP contribution in [0.1, 0.15) is 34.1 Å². The molecule has 2 amide bonds. The summed E-state index contributed by atoms with van der Waals surface area (Å²) in [4.78, 5) is 35.1. The molecule has 2 rings (SSSR count). The Labute approximate surface area is 161 Å². The third kappa shape index (κ3) is 6.39. The van der Waals surface area contributed by atoms with Crippen molar-refractivity contribution in [3.05, 3.63) is 65.5 Å². The molecular weight excluding hydrogens is 367 g/mol. The van der Waals surface area contributed by atoms with Gasteiger partial charge in [0, 0.05) is 18.7 Å². The number of rotatable bonds is 8. The monoisotopic (exact) mass is 388 g/mol. The molecule has 0 fully saturated rings. The SMILES string of the molecule is CCOC(=O)Oc1ccc(C(=O)NCCCNC(=O)c2ccccc2F)cc1. The van der Waals surface area contributed by atoms with Gasteiger partial charge in [0.2, 0.25) is 0 Å². The van der Waals surface area contributed by atoms with Gasteiger partial charge in [0.25, 0.3) is 11.8 Å². The Hall–Kier alpha value is -3.42. The Balaban J connectivity index is 1.70. The topological polar surface area (TPSA) is 93.7 Å². The Morgan fingerprint density at radius 2 is 1.57 bits per heavy atom. The second-order valence-electron chi connectivity index (χ2n) is 5.65. The van der Waals surface area contributed by atoms with Gasteiger partial charge in [-0.2, -0.15) is 0 Å². The van der Waals surface area contributed by atoms with Crippen molar-refractivity contribution in [2.45, 2.75) is 13.3 Å². The molecule has 28 heavy (non-hydrogen) atoms. The second kappa shape index (κ2) is 10.7. The van der Waals surface area contributed by atoms with Crippen LogP contribution in [0.3, 0.4) is 0 Å². The summed E-state index contributed by atoms with van der Waals surface area (Å²) in [5.74, 6) is -1.11. The van der Waals surface area contributed by atoms with Crippen LogP contribution in [0.5, 0.6) is 5.75 Å². The fraction of sp³-hybridized carbons (Fsp3) is 0.250. The first kappa shape index (κ1) is 20.9. The van der Waals surface area contributed by atoms with Gasteiger partial charge in [0.1, 0.15) is 11.6 Å². The van der Waals surface area contributed by atoms with Crippen molar-refractivity contribution in [2.75, 3.05) is 19.7 Å². The van der Waals surface area contributed by atoms with Crippen LogP contribution in [-0.2, 0) is 4.74 Å². The number of halogens is 1. The molecule has 2 N–H and O–H groups in total. The maximum Gasteiger partial charge on any atom is 0.513 e. The first-order valence-electron chi connectivity index (χ1n) is 8.77. The van der Waals surface area contributed by atoms with Crippen molar-refractivity contribution in [2.24, 2.45) is 0 Å². The van der Waals surface area contributed by atoms with Gasteiger partial charge in [0.05, 0.1) is 12.2 Å². The zero-order chi connectivity index (χ0) is 20.4. The van der Waals surface area contributed by atoms with E-state index in [9.17, 15) is 18.8 Å². The third-order valence-electron chi connectivity index (χ3n) is 3.62. The summed E-state index contributed by atoms with van der Waals surface area (Å²) in [6, 6.07) is 11.7. The van der Waals surface area contributed by atoms with E-state index in [1.165, 1.54) is 42.5 Å². The van der Waals surface area contributed by atoms with E-state index < -0.39 is 17.9 Å². The van der Waals surface area contributed by atoms with E-state index in [2.05, 4.69) is 15.4 Å². The molecule has 0 saturated heterocycles. The minimum atomic E-state index is -0.808. The predicted molar refractivity (Wildman–Crippen MR) is 99.8 cm³/mol. The lowest BCUT2D eigenvalue weighted by Crippen LogP contribution is -2.30. The standard InChI is InChI=1S/C20H21FN2O5/c1-2-27-20(26)28-15-10-8-14(9-11-15)18(24)22-12-5-13-23-19(25)16-6-3-4-7-17(16)21/h3-4,6-11H,2,5,12-13H2,1H3,(H,22,24)(H,23,25). The molecule has 0 radical (unpaired) electrons. The summed E-state index contributed by atoms with van der Waals surface area (Å²) in [6.45, 7) is 2.50. The summed E-state index contributed by atoms with van der Waals surface area (Å²) in [5.41, 5.74) is 0.378. The van der Waals surface area contributed by atoms with Gasteiger partial charge in [-0.05, 0) is 49.7 Å². The molecule has 7 nitrogen and oxygen atoms in total. The van der Waals surface area contributed by atoms with E-state index in [1.54, 1.807) is 13.0 Å². The van der Waals surface area contributed by atoms with Crippen LogP contribution < -0.4 is 15.4 Å². The van der Waals surface area contributed by atoms with E-state index in [0.29, 0.717) is 25.1 Å². The molecule has 148 valence electrons. The molecule has 0 unspecified atom stereocenters. The molecule has 0 aliphatic heterocycles. The number of nitrogens with one attached hydrogen (secondary N) is 2. The molecule has 2 aromatic carbocycles. The number of ether oxygens (including phenoxy) is 2. The molecule has 0 bridgehead atoms. The van der Waals surface area contributed by atoms with Crippen molar-refractivity contribution < 1.29 is 28.2 Å². The number of amides is 2. The fourth-order valence-corrected chi connectivity index (χ4v) is 2.25. The van der Waals surface area contributed by atoms with Gasteiger partial charge in [0.15, 0.2) is 0 Å². The minimum absolute atomic E-state index is 0.0170. The average Bonchev–Trinajstić information content (AvgIpc) is 2.68. The van der Waals surface area contributed by atoms with Gasteiger partial charge >= 0.3 is 6.16 Å². The summed E-state index contributed by atoms with van der Waals surface area (Å²) in [7, 11) is 0. The second-order valence-corrected chi connectivity index (χ2v) is 5.65. The van der Waals surface area contributed by atoms with E-state index in [4.69, 9.17) is 4.74 Å². The lowest BCUT2D eigenvalue weighted by Gasteiger charge is -2.08. The minimum Gasteiger partial charge on any atom is -0.434 e. The largest absolute Gasteiger partial charge is 0.513 e. The number of carbonyl (C=O) groups is 3. The molecule has 2 aromatic rings. The molecule has 0 aliphatic rings. The van der Waals surface area contributed by atoms with E-state index in [1.807, 2.05) is 0 Å². The van der Waals surface area contributed by atoms with E-state index >= 15 is 0 Å². The molecule has 0 aliphatic carbocycles. The van der Waals surface area contributed by atoms with E-state index in [0.717, 1.165) is 0 Å². The lowest BCUT2D eigenvalue weighted by molar-refractivity contribution is 0.0947. The normalized spacial score (nSPS) is 10.1. The van der Waals surface area contributed by atoms with Gasteiger partial charge in [-0.1, -0.05) is 12.1 Å². The average molecular weight is 388 g/mol. The van der Waals surface area contributed by atoms with Crippen LogP contribution in [-0.4, -0.2) is 37.7 Å². The molecule has 0 saturated carbocycles. The fourth-order valence-electron chi connectivity index (χ4n) is 2.25. The number of hydrogen-bond donors (Lipinski definition) is 2. The molecule has 0 heterocycles. The lowest BCUT2D eigenvalue weighted by atomic mass is 10.2. The first-order valence-corrected chi connectivity index (χ1v) is 8.77. The van der Waals surface area contributed by atoms with Gasteiger partial charge in [-0.15, -0.1) is 0 Å². The molecule has 8 heteroatoms. The van der Waals surface area contributed by atoms with E-state index in [-0.39, 0.29) is 23.8 Å². The predicted octanol–water partition coefficient (Wildman–Crippen LogP) is 2.91. The van der Waals surface area contributed by atoms with Crippen molar-refractivity contribution in [3.8, 4) is 5.75 Å². The highest BCUT2D eigenvalue weighted by atomic mass is 19.1. The molecule has 0 spiro atoms. The molecule has 0 aromatic heterocycles. The maximum atomic E-state index is 13.5. The maximum absolute atomic E-state index is 13.5. The van der Waals surface area contributed by atoms with Crippen LogP contribution in [0.4, 0.5) is 9.18 Å². The Bertz CT molecular complexity index is 824. The number of benzene rings is 2. The molecular formula is C20H21FN2O5. The summed E-state index contributed by atoms with van der Waals surface area (Å²) in [5, 5.41) is 5.31. The quantitative estimate of drug-likeness (QED) is 0.412. The Morgan fingerprint density at radius 1 is 0.929 bits per heavy atom. The Morgan fingerprint density at radius 3 is 2.21 bits per heavy atom. The number of hydrogen-bond acceptors (Lipinski definition) is 5. The van der Waals surface area contributed by atoms with Crippen LogP contribution in [0, 0.1) is 5.82 Å². The smallest absolute Gasteiger partial charge is 0.434 e. The van der Waals surface area contributed by atoms with Gasteiger partial charge < -0.3 is 20.1 Å². The highest BCUT2D eigenvalue weighted by molar-refractivity contribution is 5.95. The highest BCUT2D eigenvalue weighted by Crippen LogP contribution is 2.13. The number of carbonyl (C=O) groups excluding carboxylic acids is 3. The van der Waals surface area contributed by atoms with Gasteiger partial charge in [-0.25, -0.2) is 9.18 Å². The van der Waals surface area contributed by atoms with Crippen molar-refractivity contribution in [3.63, 3.8) is 0 Å². The third-order valence-corrected chi connectivity index (χ3v) is 3.62. The van der Waals surface area contributed by atoms with Crippen LogP contribution in [0.15, 0.2) is 48.5 Å². The summed E-state index contributed by atoms with van der Waals surface area (Å²) < 4.78 is 23.1. The van der Waals surface area contributed by atoms with Crippen molar-refractivity contribution in [1.29, 1.82) is 0 Å². The Kier molecular flexibility index (Phi) is 7.95. The van der Waals surface area contributed by atoms with Crippen molar-refractivity contribution in [1.82, 2.24) is 10.6 Å². The summed E-state index contributed by atoms with van der Waals surface area (Å²) in [6.07, 6.45) is -0.326. The highest BCUT2D eigenvalue weighted by Gasteiger charge is 2.10. The zero-order valence-corrected chi connectivity index (χ0v) is 15.4. The van der Waals surface area contributed by atoms with Gasteiger partial charge in [-0.3, -0.25) is 9.59 Å². The summed E-state index contributed by atoms with van der Waals surface area (Å²) >= 11 is 0. The molecule has 0 atom stereocenters. The van der Waals surface area contributed by atoms with Crippen LogP contribution in [0.2, 0.25) is 0 Å². The van der Waals surface area contributed by atoms with Crippen LogP contribution >= 0.6 is 0 Å². The van der Waals surface area contributed by atoms with Crippen LogP contribution in [0.25, 0.3) is 0 Å².